The van der Waals surface area contributed by atoms with Gasteiger partial charge in [0.1, 0.15) is 0 Å². The van der Waals surface area contributed by atoms with Crippen molar-refractivity contribution in [1.29, 1.82) is 0 Å². The summed E-state index contributed by atoms with van der Waals surface area (Å²) >= 11 is 0. The van der Waals surface area contributed by atoms with Gasteiger partial charge in [-0.2, -0.15) is 0 Å². The molecule has 0 N–H and O–H groups in total. The Hall–Kier alpha value is -0.780. The van der Waals surface area contributed by atoms with E-state index in [1.165, 1.54) is 5.57 Å². The molecule has 1 rings (SSSR count). The van der Waals surface area contributed by atoms with Crippen molar-refractivity contribution >= 4 is 0 Å². The van der Waals surface area contributed by atoms with Crippen molar-refractivity contribution in [3.05, 3.63) is 36.0 Å². The zero-order valence-electron chi connectivity index (χ0n) is 5.15. The standard InChI is InChI=1S/C8H10/c1-7-4-3-5-8(2)6-7/h3-4,6H,1,5H2,2H3. The number of hydrogen-bond acceptors (Lipinski definition) is 0. The first-order valence-corrected chi connectivity index (χ1v) is 2.81. The van der Waals surface area contributed by atoms with Gasteiger partial charge in [0.05, 0.1) is 0 Å². The van der Waals surface area contributed by atoms with E-state index in [0.29, 0.717) is 0 Å². The fourth-order valence-electron chi connectivity index (χ4n) is 0.820. The third kappa shape index (κ3) is 1.09. The van der Waals surface area contributed by atoms with Gasteiger partial charge in [-0.3, -0.25) is 0 Å². The molecule has 0 saturated carbocycles. The van der Waals surface area contributed by atoms with Crippen molar-refractivity contribution in [3.8, 4) is 0 Å². The molecule has 0 unspecified atom stereocenters. The molecule has 42 valence electrons. The second kappa shape index (κ2) is 1.99. The van der Waals surface area contributed by atoms with Gasteiger partial charge in [0.2, 0.25) is 0 Å². The van der Waals surface area contributed by atoms with Crippen molar-refractivity contribution in [1.82, 2.24) is 0 Å². The van der Waals surface area contributed by atoms with Crippen LogP contribution in [0.3, 0.4) is 0 Å². The van der Waals surface area contributed by atoms with E-state index in [2.05, 4.69) is 25.7 Å². The van der Waals surface area contributed by atoms with Gasteiger partial charge in [0, 0.05) is 0 Å². The lowest BCUT2D eigenvalue weighted by Gasteiger charge is -2.01. The zero-order chi connectivity index (χ0) is 5.98. The average molecular weight is 106 g/mol. The van der Waals surface area contributed by atoms with E-state index in [1.807, 2.05) is 6.08 Å². The molecule has 1 aliphatic carbocycles. The summed E-state index contributed by atoms with van der Waals surface area (Å²) < 4.78 is 0. The Balaban J connectivity index is 2.74. The third-order valence-electron chi connectivity index (χ3n) is 1.20. The molecule has 8 heavy (non-hydrogen) atoms. The first-order valence-electron chi connectivity index (χ1n) is 2.81. The lowest BCUT2D eigenvalue weighted by Crippen LogP contribution is -1.80. The van der Waals surface area contributed by atoms with E-state index < -0.39 is 0 Å². The van der Waals surface area contributed by atoms with Gasteiger partial charge in [0.25, 0.3) is 0 Å². The highest BCUT2D eigenvalue weighted by Gasteiger charge is 1.91. The predicted molar refractivity (Wildman–Crippen MR) is 36.7 cm³/mol. The molecular weight excluding hydrogens is 96.1 g/mol. The molecule has 0 radical (unpaired) electrons. The molecule has 0 spiro atoms. The Labute approximate surface area is 50.2 Å². The molecule has 0 saturated heterocycles. The van der Waals surface area contributed by atoms with Gasteiger partial charge in [-0.25, -0.2) is 0 Å². The Morgan fingerprint density at radius 1 is 1.62 bits per heavy atom. The van der Waals surface area contributed by atoms with Crippen LogP contribution in [0, 0.1) is 0 Å². The first-order chi connectivity index (χ1) is 3.79. The third-order valence-corrected chi connectivity index (χ3v) is 1.20. The summed E-state index contributed by atoms with van der Waals surface area (Å²) in [5.41, 5.74) is 2.52. The van der Waals surface area contributed by atoms with Crippen molar-refractivity contribution in [2.24, 2.45) is 0 Å². The summed E-state index contributed by atoms with van der Waals surface area (Å²) in [6.07, 6.45) is 7.39. The van der Waals surface area contributed by atoms with Gasteiger partial charge >= 0.3 is 0 Å². The van der Waals surface area contributed by atoms with Crippen LogP contribution in [0.5, 0.6) is 0 Å². The molecule has 0 aromatic carbocycles. The maximum absolute atomic E-state index is 3.80. The van der Waals surface area contributed by atoms with E-state index >= 15 is 0 Å². The molecule has 0 heteroatoms. The van der Waals surface area contributed by atoms with Crippen LogP contribution in [-0.2, 0) is 0 Å². The van der Waals surface area contributed by atoms with E-state index in [1.54, 1.807) is 0 Å². The number of rotatable bonds is 0. The van der Waals surface area contributed by atoms with Crippen molar-refractivity contribution in [2.45, 2.75) is 13.3 Å². The summed E-state index contributed by atoms with van der Waals surface area (Å²) in [6, 6.07) is 0. The Morgan fingerprint density at radius 2 is 2.38 bits per heavy atom. The highest BCUT2D eigenvalue weighted by molar-refractivity contribution is 5.34. The van der Waals surface area contributed by atoms with Crippen molar-refractivity contribution in [2.75, 3.05) is 0 Å². The maximum atomic E-state index is 3.80. The second-order valence-electron chi connectivity index (χ2n) is 2.17. The van der Waals surface area contributed by atoms with E-state index in [9.17, 15) is 0 Å². The van der Waals surface area contributed by atoms with Crippen LogP contribution in [0.2, 0.25) is 0 Å². The van der Waals surface area contributed by atoms with Crippen LogP contribution in [0.15, 0.2) is 36.0 Å². The largest absolute Gasteiger partial charge is 0.0918 e. The van der Waals surface area contributed by atoms with Gasteiger partial charge < -0.3 is 0 Å². The number of hydrogen-bond donors (Lipinski definition) is 0. The molecule has 1 aliphatic rings. The van der Waals surface area contributed by atoms with Gasteiger partial charge in [-0.15, -0.1) is 0 Å². The highest BCUT2D eigenvalue weighted by Crippen LogP contribution is 2.12. The molecule has 0 aliphatic heterocycles. The average Bonchev–Trinajstić information content (AvgIpc) is 1.64. The number of allylic oxidation sites excluding steroid dienone is 5. The minimum Gasteiger partial charge on any atom is -0.0918 e. The smallest absolute Gasteiger partial charge is 0.0135 e. The molecular formula is C8H10. The van der Waals surface area contributed by atoms with E-state index in [4.69, 9.17) is 0 Å². The lowest BCUT2D eigenvalue weighted by atomic mass is 10.1. The van der Waals surface area contributed by atoms with Crippen LogP contribution in [0.1, 0.15) is 13.3 Å². The lowest BCUT2D eigenvalue weighted by molar-refractivity contribution is 1.18. The summed E-state index contributed by atoms with van der Waals surface area (Å²) in [7, 11) is 0. The molecule has 0 fully saturated rings. The van der Waals surface area contributed by atoms with Gasteiger partial charge in [-0.05, 0) is 18.9 Å². The Kier molecular flexibility index (Phi) is 1.34. The Bertz CT molecular complexity index is 159. The van der Waals surface area contributed by atoms with Crippen LogP contribution in [0.25, 0.3) is 0 Å². The fourth-order valence-corrected chi connectivity index (χ4v) is 0.820. The summed E-state index contributed by atoms with van der Waals surface area (Å²) in [5.74, 6) is 0. The predicted octanol–water partition coefficient (Wildman–Crippen LogP) is 2.45. The highest BCUT2D eigenvalue weighted by atomic mass is 14.0. The summed E-state index contributed by atoms with van der Waals surface area (Å²) in [4.78, 5) is 0. The molecule has 0 amide bonds. The van der Waals surface area contributed by atoms with Crippen molar-refractivity contribution < 1.29 is 0 Å². The minimum atomic E-state index is 1.10. The van der Waals surface area contributed by atoms with E-state index in [0.717, 1.165) is 12.0 Å². The molecule has 0 atom stereocenters. The first kappa shape index (κ1) is 5.36. The summed E-state index contributed by atoms with van der Waals surface area (Å²) in [5, 5.41) is 0. The van der Waals surface area contributed by atoms with E-state index in [-0.39, 0.29) is 0 Å². The minimum absolute atomic E-state index is 1.10. The summed E-state index contributed by atoms with van der Waals surface area (Å²) in [6.45, 7) is 5.92. The normalized spacial score (nSPS) is 18.6. The van der Waals surface area contributed by atoms with Crippen LogP contribution in [0.4, 0.5) is 0 Å². The molecule has 0 heterocycles. The van der Waals surface area contributed by atoms with Crippen LogP contribution >= 0.6 is 0 Å². The Morgan fingerprint density at radius 3 is 2.75 bits per heavy atom. The van der Waals surface area contributed by atoms with Crippen LogP contribution < -0.4 is 0 Å². The molecule has 0 aromatic heterocycles. The SMILES string of the molecule is C=C1C=CCC(C)=C1. The fraction of sp³-hybridized carbons (Fsp3) is 0.250. The quantitative estimate of drug-likeness (QED) is 0.445. The molecule has 0 bridgehead atoms. The van der Waals surface area contributed by atoms with Crippen LogP contribution in [-0.4, -0.2) is 0 Å². The molecule has 0 aromatic rings. The molecule has 0 nitrogen and oxygen atoms in total. The monoisotopic (exact) mass is 106 g/mol. The van der Waals surface area contributed by atoms with Crippen molar-refractivity contribution in [3.63, 3.8) is 0 Å². The topological polar surface area (TPSA) is 0 Å². The zero-order valence-corrected chi connectivity index (χ0v) is 5.15. The maximum Gasteiger partial charge on any atom is -0.0135 e. The van der Waals surface area contributed by atoms with Gasteiger partial charge in [0.15, 0.2) is 0 Å². The second-order valence-corrected chi connectivity index (χ2v) is 2.17. The van der Waals surface area contributed by atoms with Gasteiger partial charge in [-0.1, -0.05) is 30.4 Å².